The first-order chi connectivity index (χ1) is 11.1. The van der Waals surface area contributed by atoms with E-state index in [1.807, 2.05) is 30.5 Å². The molecule has 0 bridgehead atoms. The topological polar surface area (TPSA) is 17.2 Å². The first-order valence-electron chi connectivity index (χ1n) is 7.71. The maximum atomic E-state index is 7.55. The molecule has 0 spiro atoms. The predicted octanol–water partition coefficient (Wildman–Crippen LogP) is 4.10. The van der Waals surface area contributed by atoms with Crippen LogP contribution in [0.25, 0.3) is 27.2 Å². The highest BCUT2D eigenvalue weighted by atomic mass is 28.3. The Labute approximate surface area is 137 Å². The Bertz CT molecular complexity index is 953. The molecule has 0 amide bonds. The van der Waals surface area contributed by atoms with Crippen LogP contribution in [0.2, 0.25) is 13.1 Å². The molecule has 2 aromatic carbocycles. The van der Waals surface area contributed by atoms with E-state index in [0.29, 0.717) is 0 Å². The second-order valence-corrected chi connectivity index (χ2v) is 10.6. The molecule has 0 saturated carbocycles. The van der Waals surface area contributed by atoms with Crippen LogP contribution < -0.4 is 10.4 Å². The van der Waals surface area contributed by atoms with Gasteiger partial charge in [-0.05, 0) is 33.6 Å². The fourth-order valence-corrected chi connectivity index (χ4v) is 7.52. The molecule has 2 nitrogen and oxygen atoms in total. The third kappa shape index (κ3) is 1.89. The molecular weight excluding hydrogens is 296 g/mol. The Kier molecular flexibility index (Phi) is 2.97. The summed E-state index contributed by atoms with van der Waals surface area (Å²) in [4.78, 5) is 8.35. The molecule has 0 unspecified atom stereocenters. The smallest absolute Gasteiger partial charge is 0.187 e. The highest BCUT2D eigenvalue weighted by Crippen LogP contribution is 2.35. The highest BCUT2D eigenvalue weighted by molar-refractivity contribution is 7.05. The van der Waals surface area contributed by atoms with Crippen LogP contribution in [0.4, 0.5) is 5.69 Å². The monoisotopic (exact) mass is 312 g/mol. The van der Waals surface area contributed by atoms with Crippen molar-refractivity contribution in [2.45, 2.75) is 13.1 Å². The normalized spacial score (nSPS) is 14.0. The molecule has 2 heterocycles. The van der Waals surface area contributed by atoms with Gasteiger partial charge in [-0.25, -0.2) is 4.85 Å². The SMILES string of the molecule is [C-]#[N+]c1cccc2c1[Si](C)(C)c1c(-c3ccccn3)cccc1-2. The average molecular weight is 312 g/mol. The van der Waals surface area contributed by atoms with E-state index in [2.05, 4.69) is 53.3 Å². The van der Waals surface area contributed by atoms with Gasteiger partial charge in [-0.3, -0.25) is 4.98 Å². The molecule has 1 aromatic heterocycles. The zero-order chi connectivity index (χ0) is 16.0. The lowest BCUT2D eigenvalue weighted by molar-refractivity contribution is 1.33. The number of hydrogen-bond acceptors (Lipinski definition) is 1. The van der Waals surface area contributed by atoms with E-state index in [-0.39, 0.29) is 0 Å². The molecule has 23 heavy (non-hydrogen) atoms. The largest absolute Gasteiger partial charge is 0.256 e. The first kappa shape index (κ1) is 13.9. The van der Waals surface area contributed by atoms with Crippen LogP contribution in [0.5, 0.6) is 0 Å². The fourth-order valence-electron chi connectivity index (χ4n) is 3.83. The van der Waals surface area contributed by atoms with Crippen molar-refractivity contribution in [3.63, 3.8) is 0 Å². The zero-order valence-corrected chi connectivity index (χ0v) is 14.2. The summed E-state index contributed by atoms with van der Waals surface area (Å²) in [6.45, 7) is 12.2. The van der Waals surface area contributed by atoms with E-state index >= 15 is 0 Å². The standard InChI is InChI=1S/C20H16N2Si/c1-21-18-12-7-9-15-14-8-6-10-16(17-11-4-5-13-22-17)19(14)23(2,3)20(15)18/h4-13H,2-3H3. The second-order valence-electron chi connectivity index (χ2n) is 6.38. The van der Waals surface area contributed by atoms with Gasteiger partial charge in [0.05, 0.1) is 12.3 Å². The van der Waals surface area contributed by atoms with Gasteiger partial charge in [-0.2, -0.15) is 0 Å². The predicted molar refractivity (Wildman–Crippen MR) is 98.1 cm³/mol. The van der Waals surface area contributed by atoms with Gasteiger partial charge < -0.3 is 0 Å². The molecule has 0 N–H and O–H groups in total. The highest BCUT2D eigenvalue weighted by Gasteiger charge is 2.40. The number of pyridine rings is 1. The van der Waals surface area contributed by atoms with E-state index in [1.165, 1.54) is 27.1 Å². The number of benzene rings is 2. The average Bonchev–Trinajstić information content (AvgIpc) is 2.84. The minimum Gasteiger partial charge on any atom is -0.256 e. The molecule has 0 saturated heterocycles. The molecule has 4 rings (SSSR count). The summed E-state index contributed by atoms with van der Waals surface area (Å²) in [5, 5.41) is 2.68. The molecule has 3 aromatic rings. The molecule has 3 heteroatoms. The van der Waals surface area contributed by atoms with Crippen LogP contribution >= 0.6 is 0 Å². The Hall–Kier alpha value is -2.70. The van der Waals surface area contributed by atoms with E-state index < -0.39 is 8.07 Å². The van der Waals surface area contributed by atoms with Crippen molar-refractivity contribution in [1.82, 2.24) is 4.98 Å². The summed E-state index contributed by atoms with van der Waals surface area (Å²) in [5.41, 5.74) is 5.56. The second kappa shape index (κ2) is 4.90. The minimum absolute atomic E-state index is 0.808. The molecule has 110 valence electrons. The van der Waals surface area contributed by atoms with Gasteiger partial charge in [0.15, 0.2) is 5.69 Å². The Morgan fingerprint density at radius 2 is 1.52 bits per heavy atom. The first-order valence-corrected chi connectivity index (χ1v) is 10.7. The molecule has 0 atom stereocenters. The van der Waals surface area contributed by atoms with Crippen molar-refractivity contribution in [1.29, 1.82) is 0 Å². The Morgan fingerprint density at radius 1 is 0.826 bits per heavy atom. The third-order valence-corrected chi connectivity index (χ3v) is 8.27. The summed E-state index contributed by atoms with van der Waals surface area (Å²) in [5.74, 6) is 0. The van der Waals surface area contributed by atoms with Crippen molar-refractivity contribution in [2.24, 2.45) is 0 Å². The summed E-state index contributed by atoms with van der Waals surface area (Å²) >= 11 is 0. The number of rotatable bonds is 1. The van der Waals surface area contributed by atoms with Crippen LogP contribution in [0.15, 0.2) is 60.8 Å². The zero-order valence-electron chi connectivity index (χ0n) is 13.2. The summed E-state index contributed by atoms with van der Waals surface area (Å²) in [7, 11) is -1.93. The summed E-state index contributed by atoms with van der Waals surface area (Å²) < 4.78 is 0. The van der Waals surface area contributed by atoms with Crippen LogP contribution in [-0.4, -0.2) is 13.1 Å². The van der Waals surface area contributed by atoms with Crippen molar-refractivity contribution < 1.29 is 0 Å². The minimum atomic E-state index is -1.93. The quantitative estimate of drug-likeness (QED) is 0.488. The van der Waals surface area contributed by atoms with E-state index in [1.54, 1.807) is 0 Å². The lowest BCUT2D eigenvalue weighted by atomic mass is 10.0. The van der Waals surface area contributed by atoms with Crippen LogP contribution in [-0.2, 0) is 0 Å². The number of fused-ring (bicyclic) bond motifs is 3. The molecule has 1 aliphatic rings. The fraction of sp³-hybridized carbons (Fsp3) is 0.100. The number of aromatic nitrogens is 1. The molecule has 0 fully saturated rings. The van der Waals surface area contributed by atoms with Crippen molar-refractivity contribution in [3.05, 3.63) is 72.2 Å². The van der Waals surface area contributed by atoms with Crippen molar-refractivity contribution >= 4 is 24.1 Å². The lowest BCUT2D eigenvalue weighted by Crippen LogP contribution is -2.50. The molecule has 1 aliphatic heterocycles. The number of hydrogen-bond donors (Lipinski definition) is 0. The lowest BCUT2D eigenvalue weighted by Gasteiger charge is -2.22. The Morgan fingerprint density at radius 3 is 2.22 bits per heavy atom. The summed E-state index contributed by atoms with van der Waals surface area (Å²) in [6, 6.07) is 18.6. The molecular formula is C20H16N2Si. The van der Waals surface area contributed by atoms with Gasteiger partial charge >= 0.3 is 0 Å². The van der Waals surface area contributed by atoms with Gasteiger partial charge in [0, 0.05) is 11.8 Å². The molecule has 0 radical (unpaired) electrons. The van der Waals surface area contributed by atoms with Gasteiger partial charge in [-0.15, -0.1) is 0 Å². The van der Waals surface area contributed by atoms with Gasteiger partial charge in [0.1, 0.15) is 8.07 Å². The van der Waals surface area contributed by atoms with Gasteiger partial charge in [0.2, 0.25) is 0 Å². The van der Waals surface area contributed by atoms with Gasteiger partial charge in [0.25, 0.3) is 0 Å². The van der Waals surface area contributed by atoms with E-state index in [9.17, 15) is 0 Å². The Balaban J connectivity index is 2.08. The van der Waals surface area contributed by atoms with E-state index in [4.69, 9.17) is 6.57 Å². The maximum Gasteiger partial charge on any atom is 0.187 e. The molecule has 0 aliphatic carbocycles. The van der Waals surface area contributed by atoms with Gasteiger partial charge in [-0.1, -0.05) is 55.6 Å². The van der Waals surface area contributed by atoms with Crippen LogP contribution in [0, 0.1) is 6.57 Å². The summed E-state index contributed by atoms with van der Waals surface area (Å²) in [6.07, 6.45) is 1.84. The van der Waals surface area contributed by atoms with Crippen molar-refractivity contribution in [2.75, 3.05) is 0 Å². The maximum absolute atomic E-state index is 7.55. The number of nitrogens with zero attached hydrogens (tertiary/aromatic N) is 2. The van der Waals surface area contributed by atoms with Crippen LogP contribution in [0.1, 0.15) is 0 Å². The van der Waals surface area contributed by atoms with E-state index in [0.717, 1.165) is 11.4 Å². The van der Waals surface area contributed by atoms with Crippen molar-refractivity contribution in [3.8, 4) is 22.4 Å². The third-order valence-electron chi connectivity index (χ3n) is 4.71. The van der Waals surface area contributed by atoms with Crippen LogP contribution in [0.3, 0.4) is 0 Å².